The molecule has 2 N–H and O–H groups in total. The molecule has 2 heterocycles. The summed E-state index contributed by atoms with van der Waals surface area (Å²) in [4.78, 5) is 14.5. The summed E-state index contributed by atoms with van der Waals surface area (Å²) in [6, 6.07) is 7.94. The predicted octanol–water partition coefficient (Wildman–Crippen LogP) is 2.89. The number of nitrogens with one attached hydrogen (secondary N) is 2. The molecule has 0 atom stereocenters. The van der Waals surface area contributed by atoms with Crippen molar-refractivity contribution in [2.24, 2.45) is 0 Å². The molecule has 0 unspecified atom stereocenters. The second-order valence-corrected chi connectivity index (χ2v) is 6.53. The minimum atomic E-state index is -0.152. The van der Waals surface area contributed by atoms with Crippen molar-refractivity contribution in [3.63, 3.8) is 0 Å². The lowest BCUT2D eigenvalue weighted by atomic mass is 10.1. The Morgan fingerprint density at radius 1 is 1.28 bits per heavy atom. The molecule has 2 amide bonds. The molecule has 0 aliphatic carbocycles. The highest BCUT2D eigenvalue weighted by molar-refractivity contribution is 5.92. The number of likely N-dealkylation sites (tertiary alicyclic amines) is 1. The highest BCUT2D eigenvalue weighted by Gasteiger charge is 2.18. The van der Waals surface area contributed by atoms with E-state index in [1.54, 1.807) is 7.11 Å². The first kappa shape index (κ1) is 17.8. The maximum atomic E-state index is 12.1. The average Bonchev–Trinajstić information content (AvgIpc) is 3.04. The molecule has 1 aliphatic rings. The first-order valence-electron chi connectivity index (χ1n) is 9.08. The van der Waals surface area contributed by atoms with Crippen LogP contribution in [0.3, 0.4) is 0 Å². The summed E-state index contributed by atoms with van der Waals surface area (Å²) in [5, 5.41) is 7.06. The molecule has 0 radical (unpaired) electrons. The monoisotopic (exact) mass is 344 g/mol. The van der Waals surface area contributed by atoms with Gasteiger partial charge in [-0.2, -0.15) is 0 Å². The van der Waals surface area contributed by atoms with E-state index in [1.807, 2.05) is 18.2 Å². The summed E-state index contributed by atoms with van der Waals surface area (Å²) in [5.41, 5.74) is 1.96. The molecule has 1 aromatic heterocycles. The predicted molar refractivity (Wildman–Crippen MR) is 101 cm³/mol. The summed E-state index contributed by atoms with van der Waals surface area (Å²) in [5.74, 6) is 0. The van der Waals surface area contributed by atoms with E-state index < -0.39 is 0 Å². The Bertz CT molecular complexity index is 705. The van der Waals surface area contributed by atoms with Crippen molar-refractivity contribution in [3.8, 4) is 0 Å². The number of hydrogen-bond donors (Lipinski definition) is 2. The van der Waals surface area contributed by atoms with Crippen molar-refractivity contribution in [1.29, 1.82) is 0 Å². The number of benzene rings is 1. The Kier molecular flexibility index (Phi) is 5.94. The number of nitrogens with zero attached hydrogens (tertiary/aromatic N) is 2. The molecule has 6 nitrogen and oxygen atoms in total. The third kappa shape index (κ3) is 4.52. The van der Waals surface area contributed by atoms with Gasteiger partial charge in [0.2, 0.25) is 0 Å². The van der Waals surface area contributed by atoms with Crippen LogP contribution in [0, 0.1) is 0 Å². The standard InChI is InChI=1S/C19H28N4O2/c1-3-23-12-6-15-4-5-16(14-18(15)23)21-19(24)20-9-13-22-10-7-17(25-2)8-11-22/h4-6,12,14,17H,3,7-11,13H2,1-2H3,(H2,20,21,24). The van der Waals surface area contributed by atoms with E-state index in [0.717, 1.165) is 50.2 Å². The number of hydrogen-bond acceptors (Lipinski definition) is 3. The number of fused-ring (bicyclic) bond motifs is 1. The van der Waals surface area contributed by atoms with Crippen LogP contribution in [0.2, 0.25) is 0 Å². The number of methoxy groups -OCH3 is 1. The minimum Gasteiger partial charge on any atom is -0.381 e. The second-order valence-electron chi connectivity index (χ2n) is 6.53. The fourth-order valence-electron chi connectivity index (χ4n) is 3.41. The molecule has 6 heteroatoms. The summed E-state index contributed by atoms with van der Waals surface area (Å²) >= 11 is 0. The molecule has 0 spiro atoms. The number of aromatic nitrogens is 1. The first-order chi connectivity index (χ1) is 12.2. The number of carbonyl (C=O) groups excluding carboxylic acids is 1. The fraction of sp³-hybridized carbons (Fsp3) is 0.526. The number of aryl methyl sites for hydroxylation is 1. The van der Waals surface area contributed by atoms with Crippen LogP contribution < -0.4 is 10.6 Å². The molecular weight excluding hydrogens is 316 g/mol. The third-order valence-electron chi connectivity index (χ3n) is 4.95. The Hall–Kier alpha value is -2.05. The van der Waals surface area contributed by atoms with Gasteiger partial charge in [-0.15, -0.1) is 0 Å². The molecule has 1 aromatic carbocycles. The second kappa shape index (κ2) is 8.36. The summed E-state index contributed by atoms with van der Waals surface area (Å²) < 4.78 is 7.55. The van der Waals surface area contributed by atoms with Crippen molar-refractivity contribution >= 4 is 22.6 Å². The number of urea groups is 1. The number of anilines is 1. The molecule has 3 rings (SSSR count). The topological polar surface area (TPSA) is 58.5 Å². The van der Waals surface area contributed by atoms with Crippen molar-refractivity contribution in [2.75, 3.05) is 38.6 Å². The van der Waals surface area contributed by atoms with Gasteiger partial charge in [-0.3, -0.25) is 0 Å². The first-order valence-corrected chi connectivity index (χ1v) is 9.08. The highest BCUT2D eigenvalue weighted by atomic mass is 16.5. The zero-order valence-corrected chi connectivity index (χ0v) is 15.1. The van der Waals surface area contributed by atoms with Crippen molar-refractivity contribution in [2.45, 2.75) is 32.4 Å². The van der Waals surface area contributed by atoms with Gasteiger partial charge in [-0.1, -0.05) is 6.07 Å². The lowest BCUT2D eigenvalue weighted by molar-refractivity contribution is 0.0417. The normalized spacial score (nSPS) is 16.2. The van der Waals surface area contributed by atoms with Crippen LogP contribution in [0.15, 0.2) is 30.5 Å². The van der Waals surface area contributed by atoms with E-state index >= 15 is 0 Å². The van der Waals surface area contributed by atoms with Crippen LogP contribution in [0.4, 0.5) is 10.5 Å². The van der Waals surface area contributed by atoms with Gasteiger partial charge in [0.1, 0.15) is 0 Å². The zero-order chi connectivity index (χ0) is 17.6. The molecule has 136 valence electrons. The van der Waals surface area contributed by atoms with Crippen LogP contribution in [0.1, 0.15) is 19.8 Å². The summed E-state index contributed by atoms with van der Waals surface area (Å²) in [7, 11) is 1.78. The van der Waals surface area contributed by atoms with Crippen LogP contribution in [0.25, 0.3) is 10.9 Å². The molecule has 1 aliphatic heterocycles. The molecular formula is C19H28N4O2. The van der Waals surface area contributed by atoms with Gasteiger partial charge in [0.25, 0.3) is 0 Å². The van der Waals surface area contributed by atoms with Crippen LogP contribution in [-0.2, 0) is 11.3 Å². The number of carbonyl (C=O) groups is 1. The molecule has 0 saturated carbocycles. The Balaban J connectivity index is 1.45. The van der Waals surface area contributed by atoms with Gasteiger partial charge in [0, 0.05) is 51.7 Å². The number of ether oxygens (including phenoxy) is 1. The minimum absolute atomic E-state index is 0.152. The van der Waals surface area contributed by atoms with Gasteiger partial charge in [0.15, 0.2) is 0 Å². The Morgan fingerprint density at radius 2 is 2.08 bits per heavy atom. The molecule has 0 bridgehead atoms. The van der Waals surface area contributed by atoms with E-state index in [1.165, 1.54) is 5.39 Å². The van der Waals surface area contributed by atoms with Crippen molar-refractivity contribution < 1.29 is 9.53 Å². The number of amides is 2. The third-order valence-corrected chi connectivity index (χ3v) is 4.95. The summed E-state index contributed by atoms with van der Waals surface area (Å²) in [6.07, 6.45) is 4.60. The van der Waals surface area contributed by atoms with Crippen molar-refractivity contribution in [1.82, 2.24) is 14.8 Å². The van der Waals surface area contributed by atoms with E-state index in [0.29, 0.717) is 12.6 Å². The van der Waals surface area contributed by atoms with Gasteiger partial charge in [0.05, 0.1) is 11.6 Å². The van der Waals surface area contributed by atoms with Crippen molar-refractivity contribution in [3.05, 3.63) is 30.5 Å². The molecule has 25 heavy (non-hydrogen) atoms. The zero-order valence-electron chi connectivity index (χ0n) is 15.1. The van der Waals surface area contributed by atoms with Gasteiger partial charge in [-0.05, 0) is 43.4 Å². The van der Waals surface area contributed by atoms with Crippen LogP contribution >= 0.6 is 0 Å². The lowest BCUT2D eigenvalue weighted by Gasteiger charge is -2.31. The van der Waals surface area contributed by atoms with E-state index in [-0.39, 0.29) is 6.03 Å². The average molecular weight is 344 g/mol. The van der Waals surface area contributed by atoms with E-state index in [4.69, 9.17) is 4.74 Å². The lowest BCUT2D eigenvalue weighted by Crippen LogP contribution is -2.42. The molecule has 2 aromatic rings. The van der Waals surface area contributed by atoms with E-state index in [9.17, 15) is 4.79 Å². The fourth-order valence-corrected chi connectivity index (χ4v) is 3.41. The quantitative estimate of drug-likeness (QED) is 0.847. The van der Waals surface area contributed by atoms with Crippen LogP contribution in [-0.4, -0.2) is 54.9 Å². The Labute approximate surface area is 149 Å². The highest BCUT2D eigenvalue weighted by Crippen LogP contribution is 2.20. The maximum Gasteiger partial charge on any atom is 0.319 e. The van der Waals surface area contributed by atoms with E-state index in [2.05, 4.69) is 39.3 Å². The number of rotatable bonds is 6. The molecule has 1 saturated heterocycles. The van der Waals surface area contributed by atoms with Gasteiger partial charge < -0.3 is 24.8 Å². The van der Waals surface area contributed by atoms with Gasteiger partial charge >= 0.3 is 6.03 Å². The number of piperidine rings is 1. The Morgan fingerprint density at radius 3 is 2.80 bits per heavy atom. The molecule has 1 fully saturated rings. The smallest absolute Gasteiger partial charge is 0.319 e. The largest absolute Gasteiger partial charge is 0.381 e. The SMILES string of the molecule is CCn1ccc2ccc(NC(=O)NCCN3CCC(OC)CC3)cc21. The van der Waals surface area contributed by atoms with Crippen LogP contribution in [0.5, 0.6) is 0 Å². The summed E-state index contributed by atoms with van der Waals surface area (Å²) in [6.45, 7) is 6.62. The van der Waals surface area contributed by atoms with Gasteiger partial charge in [-0.25, -0.2) is 4.79 Å². The maximum absolute atomic E-state index is 12.1.